The monoisotopic (exact) mass is 381 g/mol. The number of ether oxygens (including phenoxy) is 1. The molecule has 1 aliphatic rings. The smallest absolute Gasteiger partial charge is 0.344 e. The standard InChI is InChI=1S/C21H19NO4S/c1-3-26-21(25)18-19(24)17(12-14-9-10-16(23)13(2)11-14)27-20(18)22-15-7-5-4-6-8-15/h4-12,23-24H,3H2,1-2H3. The van der Waals surface area contributed by atoms with E-state index in [2.05, 4.69) is 4.99 Å². The number of esters is 1. The van der Waals surface area contributed by atoms with Crippen molar-refractivity contribution >= 4 is 34.5 Å². The molecule has 0 atom stereocenters. The van der Waals surface area contributed by atoms with Crippen molar-refractivity contribution in [1.82, 2.24) is 0 Å². The minimum Gasteiger partial charge on any atom is -0.508 e. The number of aliphatic hydroxyl groups is 1. The molecule has 0 aromatic heterocycles. The Labute approximate surface area is 161 Å². The number of phenols is 1. The second kappa shape index (κ2) is 8.14. The summed E-state index contributed by atoms with van der Waals surface area (Å²) < 4.78 is 5.09. The largest absolute Gasteiger partial charge is 0.508 e. The molecule has 2 aromatic rings. The molecule has 1 aliphatic heterocycles. The third-order valence-corrected chi connectivity index (χ3v) is 4.90. The first kappa shape index (κ1) is 18.8. The molecule has 0 bridgehead atoms. The van der Waals surface area contributed by atoms with Gasteiger partial charge in [0.1, 0.15) is 22.1 Å². The quantitative estimate of drug-likeness (QED) is 0.737. The molecule has 2 aromatic carbocycles. The van der Waals surface area contributed by atoms with E-state index in [9.17, 15) is 15.0 Å². The van der Waals surface area contributed by atoms with Gasteiger partial charge in [0.2, 0.25) is 0 Å². The molecule has 3 rings (SSSR count). The Morgan fingerprint density at radius 2 is 1.93 bits per heavy atom. The maximum Gasteiger partial charge on any atom is 0.344 e. The van der Waals surface area contributed by atoms with Gasteiger partial charge < -0.3 is 14.9 Å². The van der Waals surface area contributed by atoms with Crippen LogP contribution in [0.15, 0.2) is 69.8 Å². The molecule has 0 fully saturated rings. The summed E-state index contributed by atoms with van der Waals surface area (Å²) in [5, 5.41) is 20.7. The first-order valence-corrected chi connectivity index (χ1v) is 9.25. The van der Waals surface area contributed by atoms with Crippen molar-refractivity contribution < 1.29 is 19.7 Å². The minimum absolute atomic E-state index is 0.0625. The molecule has 0 aliphatic carbocycles. The van der Waals surface area contributed by atoms with Crippen LogP contribution in [0.25, 0.3) is 6.08 Å². The Kier molecular flexibility index (Phi) is 5.66. The Morgan fingerprint density at radius 1 is 1.19 bits per heavy atom. The number of benzene rings is 2. The van der Waals surface area contributed by atoms with Crippen molar-refractivity contribution in [2.45, 2.75) is 13.8 Å². The van der Waals surface area contributed by atoms with E-state index in [1.807, 2.05) is 30.3 Å². The van der Waals surface area contributed by atoms with Gasteiger partial charge in [0.25, 0.3) is 0 Å². The molecule has 0 amide bonds. The highest BCUT2D eigenvalue weighted by molar-refractivity contribution is 8.18. The number of rotatable bonds is 4. The summed E-state index contributed by atoms with van der Waals surface area (Å²) >= 11 is 1.20. The van der Waals surface area contributed by atoms with Gasteiger partial charge in [0.15, 0.2) is 0 Å². The van der Waals surface area contributed by atoms with Gasteiger partial charge in [-0.3, -0.25) is 0 Å². The number of nitrogens with zero attached hydrogens (tertiary/aromatic N) is 1. The highest BCUT2D eigenvalue weighted by Gasteiger charge is 2.33. The van der Waals surface area contributed by atoms with Gasteiger partial charge in [-0.15, -0.1) is 0 Å². The lowest BCUT2D eigenvalue weighted by molar-refractivity contribution is -0.138. The molecule has 5 nitrogen and oxygen atoms in total. The second-order valence-corrected chi connectivity index (χ2v) is 6.88. The third kappa shape index (κ3) is 4.23. The summed E-state index contributed by atoms with van der Waals surface area (Å²) in [6.07, 6.45) is 1.75. The number of aryl methyl sites for hydroxylation is 1. The molecular formula is C21H19NO4S. The van der Waals surface area contributed by atoms with Gasteiger partial charge in [-0.2, -0.15) is 0 Å². The topological polar surface area (TPSA) is 79.1 Å². The Morgan fingerprint density at radius 3 is 2.59 bits per heavy atom. The molecule has 6 heteroatoms. The lowest BCUT2D eigenvalue weighted by Crippen LogP contribution is -2.12. The lowest BCUT2D eigenvalue weighted by atomic mass is 10.1. The van der Waals surface area contributed by atoms with Crippen LogP contribution in [0.2, 0.25) is 0 Å². The maximum atomic E-state index is 12.4. The number of aromatic hydroxyl groups is 1. The van der Waals surface area contributed by atoms with Crippen molar-refractivity contribution in [1.29, 1.82) is 0 Å². The van der Waals surface area contributed by atoms with Gasteiger partial charge in [-0.1, -0.05) is 36.0 Å². The molecule has 1 heterocycles. The Hall–Kier alpha value is -2.99. The fourth-order valence-electron chi connectivity index (χ4n) is 2.53. The van der Waals surface area contributed by atoms with Crippen molar-refractivity contribution in [3.8, 4) is 5.75 Å². The molecule has 0 unspecified atom stereocenters. The molecule has 0 saturated carbocycles. The van der Waals surface area contributed by atoms with Crippen molar-refractivity contribution in [2.75, 3.05) is 6.61 Å². The van der Waals surface area contributed by atoms with Crippen LogP contribution < -0.4 is 0 Å². The fraction of sp³-hybridized carbons (Fsp3) is 0.143. The summed E-state index contributed by atoms with van der Waals surface area (Å²) in [4.78, 5) is 17.4. The van der Waals surface area contributed by atoms with E-state index in [1.165, 1.54) is 11.8 Å². The van der Waals surface area contributed by atoms with E-state index in [0.29, 0.717) is 15.6 Å². The van der Waals surface area contributed by atoms with Gasteiger partial charge >= 0.3 is 5.97 Å². The average molecular weight is 381 g/mol. The van der Waals surface area contributed by atoms with Crippen LogP contribution in [0.5, 0.6) is 5.75 Å². The lowest BCUT2D eigenvalue weighted by Gasteiger charge is -2.03. The highest BCUT2D eigenvalue weighted by Crippen LogP contribution is 2.40. The number of para-hydroxylation sites is 1. The molecule has 0 radical (unpaired) electrons. The van der Waals surface area contributed by atoms with Gasteiger partial charge in [0, 0.05) is 0 Å². The zero-order valence-corrected chi connectivity index (χ0v) is 15.8. The van der Waals surface area contributed by atoms with Gasteiger partial charge in [-0.25, -0.2) is 9.79 Å². The predicted molar refractivity (Wildman–Crippen MR) is 108 cm³/mol. The summed E-state index contributed by atoms with van der Waals surface area (Å²) in [5.74, 6) is -0.559. The Bertz CT molecular complexity index is 961. The normalized spacial score (nSPS) is 17.0. The van der Waals surface area contributed by atoms with E-state index in [0.717, 1.165) is 11.1 Å². The van der Waals surface area contributed by atoms with E-state index < -0.39 is 5.97 Å². The number of aliphatic imine (C=N–C) groups is 1. The summed E-state index contributed by atoms with van der Waals surface area (Å²) in [7, 11) is 0. The molecule has 0 saturated heterocycles. The number of thioether (sulfide) groups is 1. The first-order valence-electron chi connectivity index (χ1n) is 8.43. The van der Waals surface area contributed by atoms with Crippen molar-refractivity contribution in [3.05, 3.63) is 75.9 Å². The summed E-state index contributed by atoms with van der Waals surface area (Å²) in [6.45, 7) is 3.71. The SMILES string of the molecule is CCOC(=O)C1=C(O)C(=Cc2ccc(O)c(C)c2)SC1=Nc1ccccc1. The number of hydrogen-bond donors (Lipinski definition) is 2. The highest BCUT2D eigenvalue weighted by atomic mass is 32.2. The van der Waals surface area contributed by atoms with Gasteiger partial charge in [0.05, 0.1) is 17.2 Å². The van der Waals surface area contributed by atoms with Crippen molar-refractivity contribution in [2.24, 2.45) is 4.99 Å². The summed E-state index contributed by atoms with van der Waals surface area (Å²) in [5.41, 5.74) is 2.26. The second-order valence-electron chi connectivity index (χ2n) is 5.85. The number of aliphatic hydroxyl groups excluding tert-OH is 1. The van der Waals surface area contributed by atoms with Crippen LogP contribution in [-0.2, 0) is 9.53 Å². The number of carbonyl (C=O) groups is 1. The van der Waals surface area contributed by atoms with Crippen LogP contribution >= 0.6 is 11.8 Å². The number of phenolic OH excluding ortho intramolecular Hbond substituents is 1. The van der Waals surface area contributed by atoms with E-state index in [-0.39, 0.29) is 23.7 Å². The molecule has 2 N–H and O–H groups in total. The van der Waals surface area contributed by atoms with Crippen LogP contribution in [0.3, 0.4) is 0 Å². The molecule has 0 spiro atoms. The number of carbonyl (C=O) groups excluding carboxylic acids is 1. The van der Waals surface area contributed by atoms with Gasteiger partial charge in [-0.05, 0) is 55.3 Å². The zero-order valence-electron chi connectivity index (χ0n) is 15.0. The third-order valence-electron chi connectivity index (χ3n) is 3.88. The first-order chi connectivity index (χ1) is 13.0. The fourth-order valence-corrected chi connectivity index (χ4v) is 3.57. The zero-order chi connectivity index (χ0) is 19.4. The molecule has 27 heavy (non-hydrogen) atoms. The van der Waals surface area contributed by atoms with Crippen LogP contribution in [0.1, 0.15) is 18.1 Å². The predicted octanol–water partition coefficient (Wildman–Crippen LogP) is 4.89. The van der Waals surface area contributed by atoms with Crippen LogP contribution in [0, 0.1) is 6.92 Å². The van der Waals surface area contributed by atoms with E-state index >= 15 is 0 Å². The van der Waals surface area contributed by atoms with E-state index in [4.69, 9.17) is 4.74 Å². The van der Waals surface area contributed by atoms with E-state index in [1.54, 1.807) is 38.1 Å². The number of hydrogen-bond acceptors (Lipinski definition) is 6. The maximum absolute atomic E-state index is 12.4. The average Bonchev–Trinajstić information content (AvgIpc) is 2.94. The molecule has 138 valence electrons. The Balaban J connectivity index is 2.04. The summed E-state index contributed by atoms with van der Waals surface area (Å²) in [6, 6.07) is 14.3. The minimum atomic E-state index is -0.609. The van der Waals surface area contributed by atoms with Crippen LogP contribution in [0.4, 0.5) is 5.69 Å². The molecular weight excluding hydrogens is 362 g/mol. The van der Waals surface area contributed by atoms with Crippen LogP contribution in [-0.4, -0.2) is 27.8 Å². The van der Waals surface area contributed by atoms with Crippen molar-refractivity contribution in [3.63, 3.8) is 0 Å².